The highest BCUT2D eigenvalue weighted by Crippen LogP contribution is 2.59. The zero-order valence-electron chi connectivity index (χ0n) is 29.4. The first-order valence-electron chi connectivity index (χ1n) is 19.4. The quantitative estimate of drug-likeness (QED) is 0.0396. The zero-order chi connectivity index (χ0) is 30.0. The van der Waals surface area contributed by atoms with Crippen LogP contribution in [0.1, 0.15) is 207 Å². The number of rotatable bonds is 34. The Balaban J connectivity index is 3.60. The van der Waals surface area contributed by atoms with E-state index in [1.807, 2.05) is 0 Å². The molecule has 0 aliphatic rings. The van der Waals surface area contributed by atoms with Crippen molar-refractivity contribution in [1.29, 1.82) is 0 Å². The summed E-state index contributed by atoms with van der Waals surface area (Å²) in [4.78, 5) is 0. The Bertz CT molecular complexity index is 485. The van der Waals surface area contributed by atoms with Gasteiger partial charge in [-0.3, -0.25) is 0 Å². The van der Waals surface area contributed by atoms with E-state index in [1.165, 1.54) is 192 Å². The van der Waals surface area contributed by atoms with E-state index in [9.17, 15) is 0 Å². The maximum atomic E-state index is 2.51. The molecule has 1 heteroatoms. The van der Waals surface area contributed by atoms with E-state index in [0.717, 1.165) is 0 Å². The third-order valence-corrected chi connectivity index (χ3v) is 14.8. The predicted molar refractivity (Wildman–Crippen MR) is 197 cm³/mol. The van der Waals surface area contributed by atoms with Gasteiger partial charge in [0.25, 0.3) is 0 Å². The van der Waals surface area contributed by atoms with Gasteiger partial charge in [0.2, 0.25) is 0 Å². The van der Waals surface area contributed by atoms with E-state index in [1.54, 1.807) is 12.3 Å². The molecule has 41 heavy (non-hydrogen) atoms. The van der Waals surface area contributed by atoms with Crippen molar-refractivity contribution in [2.45, 2.75) is 207 Å². The van der Waals surface area contributed by atoms with Crippen LogP contribution in [0.2, 0.25) is 0 Å². The normalized spacial score (nSPS) is 12.4. The lowest BCUT2D eigenvalue weighted by Crippen LogP contribution is -2.09. The Labute approximate surface area is 263 Å². The van der Waals surface area contributed by atoms with Crippen LogP contribution < -0.4 is 0 Å². The fourth-order valence-electron chi connectivity index (χ4n) is 6.36. The summed E-state index contributed by atoms with van der Waals surface area (Å²) in [5.74, 6) is 0. The van der Waals surface area contributed by atoms with Gasteiger partial charge in [0.1, 0.15) is 0 Å². The summed E-state index contributed by atoms with van der Waals surface area (Å²) in [6, 6.07) is 0. The Hall–Kier alpha value is -0.0900. The Morgan fingerprint density at radius 1 is 0.293 bits per heavy atom. The summed E-state index contributed by atoms with van der Waals surface area (Å²) < 4.78 is 0. The molecule has 0 aliphatic heterocycles. The minimum atomic E-state index is -0.653. The average Bonchev–Trinajstić information content (AvgIpc) is 2.99. The fraction of sp³-hybridized carbons (Fsp3) is 0.900. The summed E-state index contributed by atoms with van der Waals surface area (Å²) in [6.07, 6.45) is 55.8. The Morgan fingerprint density at radius 2 is 0.537 bits per heavy atom. The largest absolute Gasteiger partial charge is 0.0885 e. The molecule has 0 rings (SSSR count). The van der Waals surface area contributed by atoms with E-state index in [2.05, 4.69) is 52.0 Å². The van der Waals surface area contributed by atoms with Gasteiger partial charge >= 0.3 is 0 Å². The number of allylic oxidation sites excluding steroid dienone is 4. The van der Waals surface area contributed by atoms with Gasteiger partial charge < -0.3 is 0 Å². The lowest BCUT2D eigenvalue weighted by Gasteiger charge is -2.25. The van der Waals surface area contributed by atoms with Crippen molar-refractivity contribution in [3.8, 4) is 0 Å². The SMILES string of the molecule is CCCCCCCCC=CCCCCCCCC[P+](CC)(CC)CCCCCCCCC=CCCCCCCCC. The average molecular weight is 592 g/mol. The van der Waals surface area contributed by atoms with Crippen LogP contribution in [-0.4, -0.2) is 24.6 Å². The molecule has 0 spiro atoms. The first-order valence-corrected chi connectivity index (χ1v) is 21.9. The van der Waals surface area contributed by atoms with E-state index in [0.29, 0.717) is 0 Å². The van der Waals surface area contributed by atoms with E-state index >= 15 is 0 Å². The molecular formula is C40H80P+. The smallest absolute Gasteiger partial charge is 0.0594 e. The van der Waals surface area contributed by atoms with E-state index in [4.69, 9.17) is 0 Å². The van der Waals surface area contributed by atoms with Gasteiger partial charge in [0, 0.05) is 7.26 Å². The second kappa shape index (κ2) is 34.4. The van der Waals surface area contributed by atoms with Crippen molar-refractivity contribution in [2.75, 3.05) is 24.6 Å². The molecule has 0 atom stereocenters. The fourth-order valence-corrected chi connectivity index (χ4v) is 10.1. The molecule has 0 fully saturated rings. The van der Waals surface area contributed by atoms with Gasteiger partial charge in [-0.25, -0.2) is 0 Å². The number of hydrogen-bond acceptors (Lipinski definition) is 0. The molecule has 0 saturated heterocycles. The van der Waals surface area contributed by atoms with Gasteiger partial charge in [0.15, 0.2) is 0 Å². The molecule has 244 valence electrons. The van der Waals surface area contributed by atoms with Crippen molar-refractivity contribution in [3.63, 3.8) is 0 Å². The first kappa shape index (κ1) is 40.9. The van der Waals surface area contributed by atoms with Gasteiger partial charge in [-0.05, 0) is 90.9 Å². The van der Waals surface area contributed by atoms with Gasteiger partial charge in [-0.15, -0.1) is 0 Å². The molecule has 0 aromatic heterocycles. The molecule has 0 bridgehead atoms. The molecule has 0 N–H and O–H groups in total. The molecule has 0 saturated carbocycles. The second-order valence-corrected chi connectivity index (χ2v) is 18.1. The highest BCUT2D eigenvalue weighted by atomic mass is 31.2. The predicted octanol–water partition coefficient (Wildman–Crippen LogP) is 15.1. The molecule has 0 aliphatic carbocycles. The standard InChI is InChI=1S/C40H80P/c1-5-9-11-13-15-17-19-21-23-25-27-29-31-33-35-37-39-41(7-3,8-4)40-38-36-34-32-30-28-26-24-22-20-18-16-14-12-10-6-2/h21-24H,5-20,25-40H2,1-4H3/q+1. The third-order valence-electron chi connectivity index (χ3n) is 9.63. The molecule has 0 aromatic rings. The first-order chi connectivity index (χ1) is 20.2. The lowest BCUT2D eigenvalue weighted by atomic mass is 10.1. The third kappa shape index (κ3) is 29.7. The van der Waals surface area contributed by atoms with Crippen LogP contribution in [0.5, 0.6) is 0 Å². The molecule has 0 heterocycles. The van der Waals surface area contributed by atoms with Gasteiger partial charge in [-0.1, -0.05) is 141 Å². The van der Waals surface area contributed by atoms with Crippen LogP contribution >= 0.6 is 7.26 Å². The van der Waals surface area contributed by atoms with Crippen molar-refractivity contribution in [3.05, 3.63) is 24.3 Å². The molecule has 0 radical (unpaired) electrons. The summed E-state index contributed by atoms with van der Waals surface area (Å²) in [5, 5.41) is 0. The molecule has 0 unspecified atom stereocenters. The van der Waals surface area contributed by atoms with E-state index in [-0.39, 0.29) is 0 Å². The van der Waals surface area contributed by atoms with Crippen LogP contribution in [0.4, 0.5) is 0 Å². The van der Waals surface area contributed by atoms with Crippen LogP contribution in [0.15, 0.2) is 24.3 Å². The van der Waals surface area contributed by atoms with Gasteiger partial charge in [-0.2, -0.15) is 0 Å². The monoisotopic (exact) mass is 592 g/mol. The maximum absolute atomic E-state index is 2.51. The summed E-state index contributed by atoms with van der Waals surface area (Å²) in [6.45, 7) is 9.62. The van der Waals surface area contributed by atoms with E-state index < -0.39 is 7.26 Å². The van der Waals surface area contributed by atoms with Crippen LogP contribution in [0.25, 0.3) is 0 Å². The molecule has 0 aromatic carbocycles. The van der Waals surface area contributed by atoms with Crippen molar-refractivity contribution < 1.29 is 0 Å². The minimum absolute atomic E-state index is 0.653. The number of unbranched alkanes of at least 4 members (excludes halogenated alkanes) is 24. The Kier molecular flexibility index (Phi) is 34.3. The minimum Gasteiger partial charge on any atom is -0.0885 e. The van der Waals surface area contributed by atoms with Crippen LogP contribution in [0, 0.1) is 0 Å². The number of hydrogen-bond donors (Lipinski definition) is 0. The summed E-state index contributed by atoms with van der Waals surface area (Å²) in [5.41, 5.74) is 0. The molecule has 0 amide bonds. The van der Waals surface area contributed by atoms with Crippen molar-refractivity contribution >= 4 is 7.26 Å². The topological polar surface area (TPSA) is 0 Å². The molecular weight excluding hydrogens is 511 g/mol. The van der Waals surface area contributed by atoms with Crippen molar-refractivity contribution in [2.24, 2.45) is 0 Å². The highest BCUT2D eigenvalue weighted by Gasteiger charge is 2.31. The molecule has 0 nitrogen and oxygen atoms in total. The van der Waals surface area contributed by atoms with Gasteiger partial charge in [0.05, 0.1) is 24.6 Å². The van der Waals surface area contributed by atoms with Crippen molar-refractivity contribution in [1.82, 2.24) is 0 Å². The highest BCUT2D eigenvalue weighted by molar-refractivity contribution is 7.75. The van der Waals surface area contributed by atoms with Crippen LogP contribution in [0.3, 0.4) is 0 Å². The lowest BCUT2D eigenvalue weighted by molar-refractivity contribution is 0.604. The van der Waals surface area contributed by atoms with Crippen LogP contribution in [-0.2, 0) is 0 Å². The summed E-state index contributed by atoms with van der Waals surface area (Å²) in [7, 11) is -0.653. The second-order valence-electron chi connectivity index (χ2n) is 13.3. The zero-order valence-corrected chi connectivity index (χ0v) is 30.3. The Morgan fingerprint density at radius 3 is 0.805 bits per heavy atom. The maximum Gasteiger partial charge on any atom is 0.0594 e. The summed E-state index contributed by atoms with van der Waals surface area (Å²) >= 11 is 0.